The molecular weight excluding hydrogens is 317 g/mol. The zero-order chi connectivity index (χ0) is 16.3. The maximum atomic E-state index is 13.9. The van der Waals surface area contributed by atoms with Gasteiger partial charge in [-0.25, -0.2) is 4.39 Å². The number of hydrogen-bond acceptors (Lipinski definition) is 5. The molecule has 0 radical (unpaired) electrons. The van der Waals surface area contributed by atoms with Gasteiger partial charge in [-0.2, -0.15) is 17.0 Å². The second-order valence-electron chi connectivity index (χ2n) is 5.75. The Balaban J connectivity index is 1.80. The van der Waals surface area contributed by atoms with Gasteiger partial charge >= 0.3 is 0 Å². The minimum Gasteiger partial charge on any atom is -0.378 e. The first-order chi connectivity index (χ1) is 11.1. The molecule has 5 nitrogen and oxygen atoms in total. The Bertz CT molecular complexity index is 635. The maximum Gasteiger partial charge on any atom is 0.252 e. The zero-order valence-corrected chi connectivity index (χ0v) is 13.5. The van der Waals surface area contributed by atoms with Crippen LogP contribution in [0.3, 0.4) is 0 Å². The van der Waals surface area contributed by atoms with Crippen LogP contribution in [-0.4, -0.2) is 49.3 Å². The number of nitriles is 1. The molecule has 1 N–H and O–H groups in total. The summed E-state index contributed by atoms with van der Waals surface area (Å²) in [5.74, 6) is 0.561. The van der Waals surface area contributed by atoms with Crippen molar-refractivity contribution in [3.8, 4) is 6.07 Å². The van der Waals surface area contributed by atoms with Crippen molar-refractivity contribution < 1.29 is 13.9 Å². The van der Waals surface area contributed by atoms with E-state index in [9.17, 15) is 14.4 Å². The highest BCUT2D eigenvalue weighted by Gasteiger charge is 2.36. The van der Waals surface area contributed by atoms with E-state index in [2.05, 4.69) is 11.4 Å². The highest BCUT2D eigenvalue weighted by molar-refractivity contribution is 7.99. The first-order valence-corrected chi connectivity index (χ1v) is 8.72. The van der Waals surface area contributed by atoms with Crippen LogP contribution in [0.25, 0.3) is 0 Å². The van der Waals surface area contributed by atoms with E-state index in [1.807, 2.05) is 4.90 Å². The molecule has 0 bridgehead atoms. The molecule has 2 fully saturated rings. The zero-order valence-electron chi connectivity index (χ0n) is 12.7. The normalized spacial score (nSPS) is 24.3. The molecule has 0 saturated carbocycles. The Labute approximate surface area is 138 Å². The second kappa shape index (κ2) is 6.77. The first kappa shape index (κ1) is 16.1. The van der Waals surface area contributed by atoms with Crippen LogP contribution in [0.4, 0.5) is 10.1 Å². The molecule has 23 heavy (non-hydrogen) atoms. The lowest BCUT2D eigenvalue weighted by Gasteiger charge is -2.29. The number of benzene rings is 1. The van der Waals surface area contributed by atoms with Gasteiger partial charge in [0.25, 0.3) is 5.91 Å². The van der Waals surface area contributed by atoms with Crippen molar-refractivity contribution in [2.24, 2.45) is 0 Å². The third-order valence-electron chi connectivity index (χ3n) is 4.11. The van der Waals surface area contributed by atoms with Gasteiger partial charge in [0, 0.05) is 30.1 Å². The summed E-state index contributed by atoms with van der Waals surface area (Å²) >= 11 is 1.64. The van der Waals surface area contributed by atoms with Crippen molar-refractivity contribution in [3.05, 3.63) is 29.6 Å². The topological polar surface area (TPSA) is 65.4 Å². The Morgan fingerprint density at radius 1 is 1.39 bits per heavy atom. The Morgan fingerprint density at radius 3 is 2.83 bits per heavy atom. The number of hydrogen-bond donors (Lipinski definition) is 1. The number of rotatable bonds is 3. The highest BCUT2D eigenvalue weighted by atomic mass is 32.2. The molecule has 0 spiro atoms. The molecule has 2 heterocycles. The molecule has 2 aliphatic heterocycles. The summed E-state index contributed by atoms with van der Waals surface area (Å²) in [6, 6.07) is 6.51. The Hall–Kier alpha value is -1.78. The fourth-order valence-electron chi connectivity index (χ4n) is 2.78. The monoisotopic (exact) mass is 335 g/mol. The summed E-state index contributed by atoms with van der Waals surface area (Å²) in [5.41, 5.74) is 0.0796. The molecule has 2 saturated heterocycles. The van der Waals surface area contributed by atoms with Crippen LogP contribution >= 0.6 is 11.8 Å². The largest absolute Gasteiger partial charge is 0.378 e. The van der Waals surface area contributed by atoms with Crippen LogP contribution in [0, 0.1) is 17.1 Å². The number of ether oxygens (including phenoxy) is 1. The van der Waals surface area contributed by atoms with Crippen molar-refractivity contribution >= 4 is 23.4 Å². The van der Waals surface area contributed by atoms with Gasteiger partial charge < -0.3 is 15.0 Å². The number of anilines is 1. The minimum atomic E-state index is -0.840. The number of nitrogens with zero attached hydrogens (tertiary/aromatic N) is 2. The van der Waals surface area contributed by atoms with Crippen LogP contribution < -0.4 is 10.2 Å². The van der Waals surface area contributed by atoms with Crippen molar-refractivity contribution in [2.45, 2.75) is 12.0 Å². The lowest BCUT2D eigenvalue weighted by atomic mass is 10.0. The summed E-state index contributed by atoms with van der Waals surface area (Å²) in [6.07, 6.45) is 0.617. The second-order valence-corrected chi connectivity index (χ2v) is 6.85. The van der Waals surface area contributed by atoms with Gasteiger partial charge in [0.05, 0.1) is 19.3 Å². The summed E-state index contributed by atoms with van der Waals surface area (Å²) in [7, 11) is 0. The van der Waals surface area contributed by atoms with E-state index in [-0.39, 0.29) is 5.56 Å². The van der Waals surface area contributed by atoms with E-state index >= 15 is 0 Å². The predicted molar refractivity (Wildman–Crippen MR) is 87.2 cm³/mol. The first-order valence-electron chi connectivity index (χ1n) is 7.57. The van der Waals surface area contributed by atoms with Crippen LogP contribution in [-0.2, 0) is 4.74 Å². The van der Waals surface area contributed by atoms with Gasteiger partial charge in [-0.05, 0) is 30.4 Å². The van der Waals surface area contributed by atoms with Gasteiger partial charge in [-0.3, -0.25) is 4.79 Å². The summed E-state index contributed by atoms with van der Waals surface area (Å²) in [4.78, 5) is 14.5. The smallest absolute Gasteiger partial charge is 0.252 e. The third kappa shape index (κ3) is 3.59. The average Bonchev–Trinajstić information content (AvgIpc) is 3.04. The molecular formula is C16H18FN3O2S. The average molecular weight is 335 g/mol. The lowest BCUT2D eigenvalue weighted by Crippen LogP contribution is -2.47. The maximum absolute atomic E-state index is 13.9. The quantitative estimate of drug-likeness (QED) is 0.912. The molecule has 122 valence electrons. The molecule has 1 unspecified atom stereocenters. The number of halogens is 1. The standard InChI is InChI=1S/C16H18FN3O2S/c17-13-7-12(8-14(9-13)20-2-4-22-5-3-20)15(21)19-16(10-18)1-6-23-11-16/h7-9H,1-6,11H2,(H,19,21). The molecule has 0 aromatic heterocycles. The van der Waals surface area contributed by atoms with Gasteiger partial charge in [-0.15, -0.1) is 0 Å². The third-order valence-corrected chi connectivity index (χ3v) is 5.30. The van der Waals surface area contributed by atoms with Crippen LogP contribution in [0.15, 0.2) is 18.2 Å². The van der Waals surface area contributed by atoms with Crippen molar-refractivity contribution in [1.29, 1.82) is 5.26 Å². The molecule has 1 aromatic carbocycles. The molecule has 2 aliphatic rings. The Morgan fingerprint density at radius 2 is 2.17 bits per heavy atom. The molecule has 7 heteroatoms. The van der Waals surface area contributed by atoms with E-state index in [0.717, 1.165) is 5.75 Å². The summed E-state index contributed by atoms with van der Waals surface area (Å²) in [5, 5.41) is 12.1. The van der Waals surface area contributed by atoms with Gasteiger partial charge in [0.1, 0.15) is 11.4 Å². The molecule has 3 rings (SSSR count). The van der Waals surface area contributed by atoms with E-state index in [0.29, 0.717) is 44.2 Å². The Kier molecular flexibility index (Phi) is 4.74. The van der Waals surface area contributed by atoms with Crippen LogP contribution in [0.1, 0.15) is 16.8 Å². The number of nitrogens with one attached hydrogen (secondary N) is 1. The van der Waals surface area contributed by atoms with E-state index in [1.54, 1.807) is 17.8 Å². The predicted octanol–water partition coefficient (Wildman–Crippen LogP) is 1.79. The fourth-order valence-corrected chi connectivity index (χ4v) is 4.05. The van der Waals surface area contributed by atoms with Crippen molar-refractivity contribution in [2.75, 3.05) is 42.7 Å². The SMILES string of the molecule is N#CC1(NC(=O)c2cc(F)cc(N3CCOCC3)c2)CCSC1. The molecule has 1 aromatic rings. The number of carbonyl (C=O) groups is 1. The van der Waals surface area contributed by atoms with Crippen molar-refractivity contribution in [1.82, 2.24) is 5.32 Å². The van der Waals surface area contributed by atoms with E-state index in [1.165, 1.54) is 12.1 Å². The van der Waals surface area contributed by atoms with E-state index < -0.39 is 17.3 Å². The molecule has 0 aliphatic carbocycles. The number of morpholine rings is 1. The van der Waals surface area contributed by atoms with Crippen LogP contribution in [0.2, 0.25) is 0 Å². The molecule has 1 amide bonds. The van der Waals surface area contributed by atoms with E-state index in [4.69, 9.17) is 4.74 Å². The van der Waals surface area contributed by atoms with Crippen LogP contribution in [0.5, 0.6) is 0 Å². The number of carbonyl (C=O) groups excluding carboxylic acids is 1. The van der Waals surface area contributed by atoms with Gasteiger partial charge in [0.2, 0.25) is 0 Å². The summed E-state index contributed by atoms with van der Waals surface area (Å²) < 4.78 is 19.2. The highest BCUT2D eigenvalue weighted by Crippen LogP contribution is 2.28. The fraction of sp³-hybridized carbons (Fsp3) is 0.500. The lowest BCUT2D eigenvalue weighted by molar-refractivity contribution is 0.0925. The summed E-state index contributed by atoms with van der Waals surface area (Å²) in [6.45, 7) is 2.52. The number of amides is 1. The molecule has 1 atom stereocenters. The minimum absolute atomic E-state index is 0.248. The van der Waals surface area contributed by atoms with Gasteiger partial charge in [0.15, 0.2) is 0 Å². The van der Waals surface area contributed by atoms with Crippen molar-refractivity contribution in [3.63, 3.8) is 0 Å². The number of thioether (sulfide) groups is 1. The van der Waals surface area contributed by atoms with Gasteiger partial charge in [-0.1, -0.05) is 0 Å².